The smallest absolute Gasteiger partial charge is 0.373 e. The van der Waals surface area contributed by atoms with E-state index in [-0.39, 0.29) is 36.7 Å². The molecule has 1 heterocycles. The molecule has 2 N–H and O–H groups in total. The van der Waals surface area contributed by atoms with Gasteiger partial charge in [-0.05, 0) is 43.5 Å². The number of benzene rings is 2. The van der Waals surface area contributed by atoms with E-state index in [1.54, 1.807) is 0 Å². The average Bonchev–Trinajstić information content (AvgIpc) is 2.79. The van der Waals surface area contributed by atoms with Gasteiger partial charge in [-0.1, -0.05) is 6.07 Å². The molecule has 0 aliphatic heterocycles. The summed E-state index contributed by atoms with van der Waals surface area (Å²) in [6, 6.07) is 4.41. The summed E-state index contributed by atoms with van der Waals surface area (Å²) in [6.45, 7) is 0.520. The van der Waals surface area contributed by atoms with Crippen LogP contribution in [-0.4, -0.2) is 22.0 Å². The van der Waals surface area contributed by atoms with Gasteiger partial charge >= 0.3 is 6.18 Å². The normalized spacial score (nSPS) is 17.3. The maximum absolute atomic E-state index is 15.3. The number of amides is 1. The predicted octanol–water partition coefficient (Wildman–Crippen LogP) is 4.93. The van der Waals surface area contributed by atoms with Crippen LogP contribution >= 0.6 is 0 Å². The summed E-state index contributed by atoms with van der Waals surface area (Å²) >= 11 is 0. The number of alkyl halides is 3. The van der Waals surface area contributed by atoms with Crippen molar-refractivity contribution in [3.05, 3.63) is 86.3 Å². The van der Waals surface area contributed by atoms with Crippen LogP contribution in [0.4, 0.5) is 30.7 Å². The van der Waals surface area contributed by atoms with Crippen molar-refractivity contribution >= 4 is 5.91 Å². The molecule has 1 fully saturated rings. The van der Waals surface area contributed by atoms with Gasteiger partial charge in [0.05, 0.1) is 29.5 Å². The first kappa shape index (κ1) is 27.3. The third-order valence-electron chi connectivity index (χ3n) is 6.12. The lowest BCUT2D eigenvalue weighted by molar-refractivity contribution is -0.137. The van der Waals surface area contributed by atoms with Gasteiger partial charge in [0.2, 0.25) is 11.7 Å². The number of ether oxygens (including phenoxy) is 1. The first-order chi connectivity index (χ1) is 17.8. The van der Waals surface area contributed by atoms with Crippen LogP contribution in [0.15, 0.2) is 35.1 Å². The highest BCUT2D eigenvalue weighted by Crippen LogP contribution is 2.38. The van der Waals surface area contributed by atoms with E-state index < -0.39 is 76.0 Å². The van der Waals surface area contributed by atoms with E-state index >= 15 is 4.39 Å². The molecule has 1 saturated carbocycles. The SMILES string of the molecule is Cc1nc(-c2c(C(F)(F)F)ccc(CNC(=O)[C@H]3C[C@H](OCc4cc(F)cc(F)c4)C3)c2F)[nH]c(=O)c1F. The number of nitrogens with zero attached hydrogens (tertiary/aromatic N) is 1. The fraction of sp³-hybridized carbons (Fsp3) is 0.320. The van der Waals surface area contributed by atoms with Gasteiger partial charge in [0.15, 0.2) is 0 Å². The number of carbonyl (C=O) groups excluding carboxylic acids is 1. The van der Waals surface area contributed by atoms with Crippen LogP contribution < -0.4 is 10.9 Å². The maximum Gasteiger partial charge on any atom is 0.417 e. The molecule has 202 valence electrons. The highest BCUT2D eigenvalue weighted by Gasteiger charge is 2.38. The Balaban J connectivity index is 1.42. The maximum atomic E-state index is 15.3. The van der Waals surface area contributed by atoms with Crippen molar-refractivity contribution in [2.75, 3.05) is 0 Å². The van der Waals surface area contributed by atoms with Crippen molar-refractivity contribution in [3.8, 4) is 11.4 Å². The van der Waals surface area contributed by atoms with Gasteiger partial charge in [-0.25, -0.2) is 18.2 Å². The number of aromatic nitrogens is 2. The molecule has 6 nitrogen and oxygen atoms in total. The van der Waals surface area contributed by atoms with Crippen LogP contribution in [0, 0.1) is 36.1 Å². The predicted molar refractivity (Wildman–Crippen MR) is 119 cm³/mol. The Kier molecular flexibility index (Phi) is 7.58. The van der Waals surface area contributed by atoms with Crippen LogP contribution in [0.1, 0.15) is 35.2 Å². The Labute approximate surface area is 210 Å². The lowest BCUT2D eigenvalue weighted by Crippen LogP contribution is -2.42. The Morgan fingerprint density at radius 2 is 1.74 bits per heavy atom. The third kappa shape index (κ3) is 5.87. The van der Waals surface area contributed by atoms with Crippen molar-refractivity contribution < 1.29 is 40.3 Å². The minimum atomic E-state index is -5.02. The van der Waals surface area contributed by atoms with E-state index in [0.717, 1.165) is 31.2 Å². The van der Waals surface area contributed by atoms with Crippen LogP contribution in [0.3, 0.4) is 0 Å². The highest BCUT2D eigenvalue weighted by molar-refractivity contribution is 5.79. The van der Waals surface area contributed by atoms with Crippen molar-refractivity contribution in [3.63, 3.8) is 0 Å². The molecule has 2 aromatic carbocycles. The van der Waals surface area contributed by atoms with E-state index in [2.05, 4.69) is 10.3 Å². The second-order valence-electron chi connectivity index (χ2n) is 8.87. The Hall–Kier alpha value is -3.74. The number of H-pyrrole nitrogens is 1. The lowest BCUT2D eigenvalue weighted by atomic mass is 9.81. The molecule has 38 heavy (non-hydrogen) atoms. The van der Waals surface area contributed by atoms with Gasteiger partial charge in [0, 0.05) is 24.1 Å². The zero-order valence-electron chi connectivity index (χ0n) is 19.7. The van der Waals surface area contributed by atoms with E-state index in [1.807, 2.05) is 4.98 Å². The number of hydrogen-bond acceptors (Lipinski definition) is 4. The Bertz CT molecular complexity index is 1410. The molecule has 4 rings (SSSR count). The van der Waals surface area contributed by atoms with Crippen LogP contribution in [0.2, 0.25) is 0 Å². The van der Waals surface area contributed by atoms with Crippen LogP contribution in [0.5, 0.6) is 0 Å². The molecule has 1 aromatic heterocycles. The molecular formula is C25H20F7N3O3. The van der Waals surface area contributed by atoms with E-state index in [1.165, 1.54) is 0 Å². The summed E-state index contributed by atoms with van der Waals surface area (Å²) in [7, 11) is 0. The minimum absolute atomic E-state index is 0.0633. The number of aromatic amines is 1. The first-order valence-corrected chi connectivity index (χ1v) is 11.3. The van der Waals surface area contributed by atoms with Crippen LogP contribution in [0.25, 0.3) is 11.4 Å². The molecule has 0 atom stereocenters. The molecule has 0 saturated heterocycles. The number of halogens is 7. The quantitative estimate of drug-likeness (QED) is 0.414. The van der Waals surface area contributed by atoms with Gasteiger partial charge in [-0.2, -0.15) is 17.6 Å². The van der Waals surface area contributed by atoms with Gasteiger partial charge in [-0.3, -0.25) is 9.59 Å². The second kappa shape index (κ2) is 10.6. The summed E-state index contributed by atoms with van der Waals surface area (Å²) in [5.41, 5.74) is -4.41. The van der Waals surface area contributed by atoms with E-state index in [0.29, 0.717) is 6.07 Å². The average molecular weight is 543 g/mol. The van der Waals surface area contributed by atoms with Gasteiger partial charge in [0.1, 0.15) is 23.3 Å². The first-order valence-electron chi connectivity index (χ1n) is 11.3. The molecule has 0 unspecified atom stereocenters. The molecule has 13 heteroatoms. The number of carbonyl (C=O) groups is 1. The number of hydrogen-bond donors (Lipinski definition) is 2. The summed E-state index contributed by atoms with van der Waals surface area (Å²) in [5, 5.41) is 2.45. The zero-order chi connectivity index (χ0) is 27.8. The van der Waals surface area contributed by atoms with Crippen molar-refractivity contribution in [2.24, 2.45) is 5.92 Å². The number of rotatable bonds is 7. The topological polar surface area (TPSA) is 84.1 Å². The monoisotopic (exact) mass is 543 g/mol. The fourth-order valence-corrected chi connectivity index (χ4v) is 4.06. The van der Waals surface area contributed by atoms with Crippen molar-refractivity contribution in [1.29, 1.82) is 0 Å². The second-order valence-corrected chi connectivity index (χ2v) is 8.87. The summed E-state index contributed by atoms with van der Waals surface area (Å²) < 4.78 is 102. The summed E-state index contributed by atoms with van der Waals surface area (Å²) in [5.74, 6) is -5.99. The summed E-state index contributed by atoms with van der Waals surface area (Å²) in [4.78, 5) is 29.6. The summed E-state index contributed by atoms with van der Waals surface area (Å²) in [6.07, 6.45) is -4.80. The van der Waals surface area contributed by atoms with Crippen molar-refractivity contribution in [1.82, 2.24) is 15.3 Å². The zero-order valence-corrected chi connectivity index (χ0v) is 19.7. The number of aryl methyl sites for hydroxylation is 1. The standard InChI is InChI=1S/C25H20F7N3O3/c1-11-20(28)24(37)35-22(34-11)19-18(25(30,31)32)3-2-13(21(19)29)9-33-23(36)14-6-17(7-14)38-10-12-4-15(26)8-16(27)5-12/h2-5,8,14,17H,6-7,9-10H2,1H3,(H,33,36)(H,34,35,37)/t14-,17-. The van der Waals surface area contributed by atoms with Crippen molar-refractivity contribution in [2.45, 2.75) is 45.2 Å². The van der Waals surface area contributed by atoms with E-state index in [4.69, 9.17) is 4.74 Å². The molecule has 0 spiro atoms. The molecule has 0 bridgehead atoms. The number of nitrogens with one attached hydrogen (secondary N) is 2. The molecular weight excluding hydrogens is 523 g/mol. The third-order valence-corrected chi connectivity index (χ3v) is 6.12. The molecule has 1 amide bonds. The van der Waals surface area contributed by atoms with Gasteiger partial charge < -0.3 is 15.0 Å². The molecule has 1 aliphatic rings. The highest BCUT2D eigenvalue weighted by atomic mass is 19.4. The Morgan fingerprint density at radius 3 is 2.34 bits per heavy atom. The fourth-order valence-electron chi connectivity index (χ4n) is 4.06. The minimum Gasteiger partial charge on any atom is -0.373 e. The van der Waals surface area contributed by atoms with E-state index in [9.17, 15) is 35.9 Å². The molecule has 0 radical (unpaired) electrons. The molecule has 3 aromatic rings. The van der Waals surface area contributed by atoms with Crippen LogP contribution in [-0.2, 0) is 28.9 Å². The van der Waals surface area contributed by atoms with Gasteiger partial charge in [-0.15, -0.1) is 0 Å². The Morgan fingerprint density at radius 1 is 1.08 bits per heavy atom. The van der Waals surface area contributed by atoms with Gasteiger partial charge in [0.25, 0.3) is 5.56 Å². The lowest BCUT2D eigenvalue weighted by Gasteiger charge is -2.34. The largest absolute Gasteiger partial charge is 0.417 e. The molecule has 1 aliphatic carbocycles.